The third-order valence-electron chi connectivity index (χ3n) is 8.36. The number of benzene rings is 1. The van der Waals surface area contributed by atoms with E-state index < -0.39 is 36.4 Å². The van der Waals surface area contributed by atoms with Crippen molar-refractivity contribution in [2.24, 2.45) is 7.05 Å². The number of hydrogen-bond acceptors (Lipinski definition) is 7. The number of ether oxygens (including phenoxy) is 1. The quantitative estimate of drug-likeness (QED) is 0.369. The van der Waals surface area contributed by atoms with Gasteiger partial charge in [0, 0.05) is 50.1 Å². The van der Waals surface area contributed by atoms with E-state index in [9.17, 15) is 28.4 Å². The molecule has 2 N–H and O–H groups in total. The van der Waals surface area contributed by atoms with Gasteiger partial charge in [-0.05, 0) is 79.1 Å². The van der Waals surface area contributed by atoms with Crippen LogP contribution in [0.4, 0.5) is 14.6 Å². The van der Waals surface area contributed by atoms with Gasteiger partial charge in [0.05, 0.1) is 30.8 Å². The van der Waals surface area contributed by atoms with Crippen LogP contribution in [-0.4, -0.2) is 64.5 Å². The van der Waals surface area contributed by atoms with E-state index in [4.69, 9.17) is 4.74 Å². The van der Waals surface area contributed by atoms with Crippen molar-refractivity contribution in [3.05, 3.63) is 80.9 Å². The van der Waals surface area contributed by atoms with Crippen LogP contribution in [0.5, 0.6) is 0 Å². The lowest BCUT2D eigenvalue weighted by Gasteiger charge is -2.39. The summed E-state index contributed by atoms with van der Waals surface area (Å²) in [5.74, 6) is -3.81. The second-order valence-corrected chi connectivity index (χ2v) is 12.1. The van der Waals surface area contributed by atoms with Gasteiger partial charge >= 0.3 is 0 Å². The van der Waals surface area contributed by atoms with Crippen LogP contribution in [0.2, 0.25) is 0 Å². The molecule has 0 radical (unpaired) electrons. The number of aromatic nitrogens is 2. The van der Waals surface area contributed by atoms with Gasteiger partial charge in [-0.25, -0.2) is 13.8 Å². The second-order valence-electron chi connectivity index (χ2n) is 12.1. The Hall–Kier alpha value is -4.47. The lowest BCUT2D eigenvalue weighted by Crippen LogP contribution is -2.58. The number of aryl methyl sites for hydroxylation is 1. The molecule has 0 bridgehead atoms. The Morgan fingerprint density at radius 2 is 1.91 bits per heavy atom. The maximum absolute atomic E-state index is 13.6. The molecule has 12 heteroatoms. The molecule has 0 spiro atoms. The van der Waals surface area contributed by atoms with Crippen LogP contribution in [0.3, 0.4) is 0 Å². The van der Waals surface area contributed by atoms with Crippen LogP contribution >= 0.6 is 0 Å². The summed E-state index contributed by atoms with van der Waals surface area (Å²) in [4.78, 5) is 45.4. The first-order valence-electron chi connectivity index (χ1n) is 15.2. The molecule has 234 valence electrons. The Kier molecular flexibility index (Phi) is 8.48. The molecule has 45 heavy (non-hydrogen) atoms. The molecule has 1 saturated carbocycles. The molecular formula is C33H34F2N6O4. The van der Waals surface area contributed by atoms with Crippen LogP contribution in [0.1, 0.15) is 75.6 Å². The van der Waals surface area contributed by atoms with E-state index in [1.54, 1.807) is 37.5 Å². The van der Waals surface area contributed by atoms with Crippen LogP contribution < -0.4 is 16.2 Å². The van der Waals surface area contributed by atoms with Gasteiger partial charge in [-0.15, -0.1) is 0 Å². The standard InChI is InChI=1S/C33H34F2N6O4/c1-40-17-21(15-37-16-24-4-2-3-9-45-24)11-27(31(40)43)30(42)39-29-13-23(12-28(38-29)22-6-7-22)25-8-5-20(14-36)10-26(25)32(44)41-18-33(34,35)19-41/h5,8,10-13,17,22,24,37H,2-4,6-7,9,15-16,18-19H2,1H3,(H,38,39,42)/t24-/m0/s1. The number of nitrogens with zero attached hydrogens (tertiary/aromatic N) is 4. The first-order chi connectivity index (χ1) is 21.6. The molecule has 10 nitrogen and oxygen atoms in total. The third-order valence-corrected chi connectivity index (χ3v) is 8.36. The normalized spacial score (nSPS) is 19.0. The molecule has 3 aromatic rings. The van der Waals surface area contributed by atoms with Gasteiger partial charge in [-0.1, -0.05) is 6.07 Å². The zero-order valence-electron chi connectivity index (χ0n) is 24.9. The minimum atomic E-state index is -2.94. The number of anilines is 1. The third kappa shape index (κ3) is 6.95. The molecule has 1 atom stereocenters. The summed E-state index contributed by atoms with van der Waals surface area (Å²) in [5, 5.41) is 15.6. The lowest BCUT2D eigenvalue weighted by molar-refractivity contribution is -0.113. The van der Waals surface area contributed by atoms with Crippen LogP contribution in [-0.2, 0) is 18.3 Å². The number of carbonyl (C=O) groups excluding carboxylic acids is 2. The molecule has 1 aromatic carbocycles. The number of alkyl halides is 2. The Bertz CT molecular complexity index is 1730. The molecule has 2 aliphatic heterocycles. The first-order valence-corrected chi connectivity index (χ1v) is 15.2. The zero-order valence-corrected chi connectivity index (χ0v) is 24.9. The van der Waals surface area contributed by atoms with Crippen LogP contribution in [0.15, 0.2) is 47.4 Å². The monoisotopic (exact) mass is 616 g/mol. The van der Waals surface area contributed by atoms with E-state index in [0.29, 0.717) is 29.9 Å². The van der Waals surface area contributed by atoms with Gasteiger partial charge in [0.1, 0.15) is 11.4 Å². The molecule has 2 saturated heterocycles. The second kappa shape index (κ2) is 12.5. The van der Waals surface area contributed by atoms with E-state index in [2.05, 4.69) is 15.6 Å². The van der Waals surface area contributed by atoms with Crippen LogP contribution in [0.25, 0.3) is 11.1 Å². The van der Waals surface area contributed by atoms with E-state index >= 15 is 0 Å². The van der Waals surface area contributed by atoms with Crippen molar-refractivity contribution in [3.8, 4) is 17.2 Å². The Balaban J connectivity index is 1.26. The summed E-state index contributed by atoms with van der Waals surface area (Å²) in [5.41, 5.74) is 2.26. The maximum Gasteiger partial charge on any atom is 0.282 e. The number of hydrogen-bond donors (Lipinski definition) is 2. The average Bonchev–Trinajstić information content (AvgIpc) is 3.87. The summed E-state index contributed by atoms with van der Waals surface area (Å²) in [7, 11) is 1.59. The van der Waals surface area contributed by atoms with E-state index in [1.807, 2.05) is 12.1 Å². The van der Waals surface area contributed by atoms with Gasteiger partial charge < -0.3 is 24.8 Å². The number of nitrogens with one attached hydrogen (secondary N) is 2. The van der Waals surface area contributed by atoms with Crippen molar-refractivity contribution >= 4 is 17.6 Å². The molecule has 3 fully saturated rings. The molecular weight excluding hydrogens is 582 g/mol. The molecule has 0 unspecified atom stereocenters. The predicted molar refractivity (Wildman–Crippen MR) is 162 cm³/mol. The van der Waals surface area contributed by atoms with E-state index in [1.165, 1.54) is 10.6 Å². The molecule has 2 amide bonds. The van der Waals surface area contributed by atoms with Crippen molar-refractivity contribution in [2.75, 3.05) is 31.6 Å². The van der Waals surface area contributed by atoms with Crippen molar-refractivity contribution in [2.45, 2.75) is 56.6 Å². The van der Waals surface area contributed by atoms with Crippen molar-refractivity contribution in [3.63, 3.8) is 0 Å². The molecule has 4 heterocycles. The summed E-state index contributed by atoms with van der Waals surface area (Å²) in [6.45, 7) is 0.502. The summed E-state index contributed by atoms with van der Waals surface area (Å²) < 4.78 is 34.3. The topological polar surface area (TPSA) is 129 Å². The van der Waals surface area contributed by atoms with Gasteiger partial charge in [-0.2, -0.15) is 5.26 Å². The molecule has 1 aliphatic carbocycles. The summed E-state index contributed by atoms with van der Waals surface area (Å²) in [6.07, 6.45) is 6.86. The highest BCUT2D eigenvalue weighted by molar-refractivity contribution is 6.05. The maximum atomic E-state index is 13.6. The zero-order chi connectivity index (χ0) is 31.7. The number of nitriles is 1. The SMILES string of the molecule is Cn1cc(CNC[C@@H]2CCCCO2)cc(C(=O)Nc2cc(-c3ccc(C#N)cc3C(=O)N3CC(F)(F)C3)cc(C3CC3)n2)c1=O. The van der Waals surface area contributed by atoms with Gasteiger partial charge in [0.25, 0.3) is 23.3 Å². The van der Waals surface area contributed by atoms with Crippen molar-refractivity contribution < 1.29 is 23.1 Å². The Morgan fingerprint density at radius 3 is 2.60 bits per heavy atom. The Labute approximate surface area is 259 Å². The smallest absolute Gasteiger partial charge is 0.282 e. The van der Waals surface area contributed by atoms with Crippen molar-refractivity contribution in [1.82, 2.24) is 19.8 Å². The number of carbonyl (C=O) groups is 2. The number of amides is 2. The number of halogens is 2. The highest BCUT2D eigenvalue weighted by Crippen LogP contribution is 2.41. The minimum absolute atomic E-state index is 0.0427. The fourth-order valence-electron chi connectivity index (χ4n) is 5.80. The van der Waals surface area contributed by atoms with Gasteiger partial charge in [0.15, 0.2) is 0 Å². The Morgan fingerprint density at radius 1 is 1.11 bits per heavy atom. The van der Waals surface area contributed by atoms with E-state index in [0.717, 1.165) is 49.2 Å². The first kappa shape index (κ1) is 30.6. The number of pyridine rings is 2. The minimum Gasteiger partial charge on any atom is -0.377 e. The fraction of sp³-hybridized carbons (Fsp3) is 0.424. The summed E-state index contributed by atoms with van der Waals surface area (Å²) in [6, 6.07) is 11.5. The summed E-state index contributed by atoms with van der Waals surface area (Å²) >= 11 is 0. The van der Waals surface area contributed by atoms with Gasteiger partial charge in [0.2, 0.25) is 0 Å². The fourth-order valence-corrected chi connectivity index (χ4v) is 5.80. The molecule has 6 rings (SSSR count). The predicted octanol–water partition coefficient (Wildman–Crippen LogP) is 4.20. The van der Waals surface area contributed by atoms with Crippen LogP contribution in [0, 0.1) is 11.3 Å². The highest BCUT2D eigenvalue weighted by Gasteiger charge is 2.46. The largest absolute Gasteiger partial charge is 0.377 e. The number of rotatable bonds is 9. The molecule has 2 aromatic heterocycles. The van der Waals surface area contributed by atoms with Crippen molar-refractivity contribution in [1.29, 1.82) is 5.26 Å². The van der Waals surface area contributed by atoms with E-state index in [-0.39, 0.29) is 34.5 Å². The number of likely N-dealkylation sites (tertiary alicyclic amines) is 1. The molecule has 3 aliphatic rings. The lowest BCUT2D eigenvalue weighted by atomic mass is 9.95. The average molecular weight is 617 g/mol. The van der Waals surface area contributed by atoms with Gasteiger partial charge in [-0.3, -0.25) is 14.4 Å². The highest BCUT2D eigenvalue weighted by atomic mass is 19.3.